The van der Waals surface area contributed by atoms with E-state index in [0.717, 1.165) is 5.56 Å². The van der Waals surface area contributed by atoms with Crippen LogP contribution in [0.5, 0.6) is 0 Å². The monoisotopic (exact) mass is 414 g/mol. The number of sulfonamides is 1. The van der Waals surface area contributed by atoms with Gasteiger partial charge < -0.3 is 5.32 Å². The first-order valence-electron chi connectivity index (χ1n) is 8.91. The quantitative estimate of drug-likeness (QED) is 0.640. The zero-order valence-electron chi connectivity index (χ0n) is 16.5. The van der Waals surface area contributed by atoms with Gasteiger partial charge in [-0.3, -0.25) is 9.48 Å². The highest BCUT2D eigenvalue weighted by Gasteiger charge is 2.18. The lowest BCUT2D eigenvalue weighted by molar-refractivity contribution is -0.119. The molecule has 0 radical (unpaired) electrons. The summed E-state index contributed by atoms with van der Waals surface area (Å²) in [4.78, 5) is 20.6. The number of amides is 1. The van der Waals surface area contributed by atoms with E-state index in [4.69, 9.17) is 0 Å². The summed E-state index contributed by atoms with van der Waals surface area (Å²) < 4.78 is 29.1. The van der Waals surface area contributed by atoms with Crippen LogP contribution < -0.4 is 10.0 Å². The van der Waals surface area contributed by atoms with E-state index in [1.54, 1.807) is 43.9 Å². The van der Waals surface area contributed by atoms with E-state index in [1.165, 1.54) is 24.3 Å². The second-order valence-electron chi connectivity index (χ2n) is 6.77. The van der Waals surface area contributed by atoms with Crippen LogP contribution in [0.4, 0.5) is 11.6 Å². The summed E-state index contributed by atoms with van der Waals surface area (Å²) in [6.45, 7) is 7.14. The maximum absolute atomic E-state index is 12.6. The van der Waals surface area contributed by atoms with Crippen molar-refractivity contribution in [1.82, 2.24) is 19.7 Å². The third-order valence-corrected chi connectivity index (χ3v) is 5.49. The highest BCUT2D eigenvalue weighted by Crippen LogP contribution is 2.18. The molecule has 2 heterocycles. The number of rotatable bonds is 6. The number of carbonyl (C=O) groups is 1. The average molecular weight is 414 g/mol. The van der Waals surface area contributed by atoms with E-state index in [0.29, 0.717) is 17.1 Å². The zero-order chi connectivity index (χ0) is 21.2. The number of aryl methyl sites for hydroxylation is 3. The lowest BCUT2D eigenvalue weighted by Gasteiger charge is -2.13. The van der Waals surface area contributed by atoms with Gasteiger partial charge in [-0.25, -0.2) is 23.1 Å². The lowest BCUT2D eigenvalue weighted by Crippen LogP contribution is -2.24. The van der Waals surface area contributed by atoms with Gasteiger partial charge >= 0.3 is 0 Å². The summed E-state index contributed by atoms with van der Waals surface area (Å²) >= 11 is 0. The Morgan fingerprint density at radius 3 is 2.24 bits per heavy atom. The molecule has 0 bridgehead atoms. The molecule has 0 aliphatic heterocycles. The molecular formula is C19H22N6O3S. The molecule has 0 saturated carbocycles. The van der Waals surface area contributed by atoms with Crippen molar-refractivity contribution in [2.75, 3.05) is 10.0 Å². The van der Waals surface area contributed by atoms with E-state index < -0.39 is 16.1 Å². The third kappa shape index (κ3) is 4.96. The molecular weight excluding hydrogens is 392 g/mol. The summed E-state index contributed by atoms with van der Waals surface area (Å²) in [5, 5.41) is 6.89. The van der Waals surface area contributed by atoms with Crippen molar-refractivity contribution < 1.29 is 13.2 Å². The lowest BCUT2D eigenvalue weighted by atomic mass is 10.2. The Morgan fingerprint density at radius 1 is 1.07 bits per heavy atom. The Morgan fingerprint density at radius 2 is 1.69 bits per heavy atom. The van der Waals surface area contributed by atoms with Crippen molar-refractivity contribution in [1.29, 1.82) is 0 Å². The summed E-state index contributed by atoms with van der Waals surface area (Å²) in [7, 11) is -3.85. The Kier molecular flexibility index (Phi) is 5.64. The van der Waals surface area contributed by atoms with Crippen molar-refractivity contribution in [2.45, 2.75) is 38.6 Å². The molecule has 2 N–H and O–H groups in total. The molecule has 3 aromatic rings. The maximum Gasteiger partial charge on any atom is 0.264 e. The van der Waals surface area contributed by atoms with Gasteiger partial charge in [0.2, 0.25) is 11.9 Å². The predicted octanol–water partition coefficient (Wildman–Crippen LogP) is 2.60. The van der Waals surface area contributed by atoms with Gasteiger partial charge in [0, 0.05) is 23.3 Å². The minimum absolute atomic E-state index is 0.0169. The van der Waals surface area contributed by atoms with Crippen LogP contribution in [0.2, 0.25) is 0 Å². The highest BCUT2D eigenvalue weighted by molar-refractivity contribution is 7.92. The van der Waals surface area contributed by atoms with E-state index in [9.17, 15) is 13.2 Å². The molecule has 1 unspecified atom stereocenters. The molecule has 2 aromatic heterocycles. The molecule has 0 aliphatic carbocycles. The SMILES string of the molecule is Cc1cnn(C(C)C(=O)Nc2ccc(S(=O)(=O)Nc3nc(C)cc(C)n3)cc2)c1. The van der Waals surface area contributed by atoms with E-state index >= 15 is 0 Å². The predicted molar refractivity (Wildman–Crippen MR) is 109 cm³/mol. The Bertz CT molecular complexity index is 1120. The minimum atomic E-state index is -3.85. The van der Waals surface area contributed by atoms with Crippen LogP contribution in [0.3, 0.4) is 0 Å². The largest absolute Gasteiger partial charge is 0.324 e. The molecule has 0 saturated heterocycles. The van der Waals surface area contributed by atoms with E-state index in [1.807, 2.05) is 6.92 Å². The van der Waals surface area contributed by atoms with Crippen LogP contribution >= 0.6 is 0 Å². The maximum atomic E-state index is 12.6. The molecule has 0 aliphatic rings. The molecule has 9 nitrogen and oxygen atoms in total. The number of benzene rings is 1. The first-order chi connectivity index (χ1) is 13.6. The van der Waals surface area contributed by atoms with Crippen LogP contribution in [-0.4, -0.2) is 34.1 Å². The van der Waals surface area contributed by atoms with Gasteiger partial charge in [-0.15, -0.1) is 0 Å². The zero-order valence-corrected chi connectivity index (χ0v) is 17.4. The van der Waals surface area contributed by atoms with Crippen LogP contribution in [-0.2, 0) is 14.8 Å². The first kappa shape index (κ1) is 20.5. The highest BCUT2D eigenvalue weighted by atomic mass is 32.2. The van der Waals surface area contributed by atoms with Gasteiger partial charge in [-0.05, 0) is 63.6 Å². The van der Waals surface area contributed by atoms with Crippen LogP contribution in [0, 0.1) is 20.8 Å². The minimum Gasteiger partial charge on any atom is -0.324 e. The van der Waals surface area contributed by atoms with E-state index in [-0.39, 0.29) is 16.8 Å². The van der Waals surface area contributed by atoms with Gasteiger partial charge in [-0.2, -0.15) is 5.10 Å². The van der Waals surface area contributed by atoms with Crippen molar-refractivity contribution in [2.24, 2.45) is 0 Å². The standard InChI is InChI=1S/C19H22N6O3S/c1-12-10-20-25(11-12)15(4)18(26)23-16-5-7-17(8-6-16)29(27,28)24-19-21-13(2)9-14(3)22-19/h5-11,15H,1-4H3,(H,23,26)(H,21,22,24). The number of carbonyl (C=O) groups excluding carboxylic acids is 1. The second kappa shape index (κ2) is 8.00. The Balaban J connectivity index is 1.71. The number of hydrogen-bond acceptors (Lipinski definition) is 6. The molecule has 1 atom stereocenters. The van der Waals surface area contributed by atoms with Crippen LogP contribution in [0.1, 0.15) is 29.9 Å². The number of nitrogens with zero attached hydrogens (tertiary/aromatic N) is 4. The molecule has 152 valence electrons. The van der Waals surface area contributed by atoms with Gasteiger partial charge in [0.05, 0.1) is 11.1 Å². The number of nitrogens with one attached hydrogen (secondary N) is 2. The average Bonchev–Trinajstić information content (AvgIpc) is 3.06. The molecule has 3 rings (SSSR count). The van der Waals surface area contributed by atoms with Gasteiger partial charge in [-0.1, -0.05) is 0 Å². The van der Waals surface area contributed by atoms with Crippen molar-refractivity contribution in [3.63, 3.8) is 0 Å². The van der Waals surface area contributed by atoms with Gasteiger partial charge in [0.1, 0.15) is 6.04 Å². The normalized spacial score (nSPS) is 12.4. The molecule has 0 fully saturated rings. The summed E-state index contributed by atoms with van der Waals surface area (Å²) in [6, 6.07) is 7.11. The topological polar surface area (TPSA) is 119 Å². The van der Waals surface area contributed by atoms with Crippen molar-refractivity contribution >= 4 is 27.6 Å². The summed E-state index contributed by atoms with van der Waals surface area (Å²) in [6.07, 6.45) is 3.45. The summed E-state index contributed by atoms with van der Waals surface area (Å²) in [5.74, 6) is -0.242. The molecule has 0 spiro atoms. The fourth-order valence-electron chi connectivity index (χ4n) is 2.68. The fourth-order valence-corrected chi connectivity index (χ4v) is 3.62. The molecule has 29 heavy (non-hydrogen) atoms. The Labute approximate surface area is 169 Å². The summed E-state index contributed by atoms with van der Waals surface area (Å²) in [5.41, 5.74) is 2.76. The molecule has 1 amide bonds. The van der Waals surface area contributed by atoms with Crippen molar-refractivity contribution in [3.8, 4) is 0 Å². The smallest absolute Gasteiger partial charge is 0.264 e. The van der Waals surface area contributed by atoms with Gasteiger partial charge in [0.25, 0.3) is 10.0 Å². The molecule has 1 aromatic carbocycles. The van der Waals surface area contributed by atoms with E-state index in [2.05, 4.69) is 25.1 Å². The third-order valence-electron chi connectivity index (χ3n) is 4.15. The second-order valence-corrected chi connectivity index (χ2v) is 8.45. The fraction of sp³-hybridized carbons (Fsp3) is 0.263. The Hall–Kier alpha value is -3.27. The number of anilines is 2. The first-order valence-corrected chi connectivity index (χ1v) is 10.4. The number of hydrogen-bond donors (Lipinski definition) is 2. The van der Waals surface area contributed by atoms with Crippen LogP contribution in [0.25, 0.3) is 0 Å². The van der Waals surface area contributed by atoms with Crippen molar-refractivity contribution in [3.05, 3.63) is 59.7 Å². The number of aromatic nitrogens is 4. The van der Waals surface area contributed by atoms with Gasteiger partial charge in [0.15, 0.2) is 0 Å². The molecule has 10 heteroatoms. The van der Waals surface area contributed by atoms with Crippen LogP contribution in [0.15, 0.2) is 47.6 Å².